The van der Waals surface area contributed by atoms with Crippen molar-refractivity contribution < 1.29 is 21.6 Å². The van der Waals surface area contributed by atoms with E-state index in [1.165, 1.54) is 0 Å². The summed E-state index contributed by atoms with van der Waals surface area (Å²) in [5, 5.41) is 8.22. The van der Waals surface area contributed by atoms with Crippen LogP contribution in [-0.2, 0) is 16.6 Å². The zero-order valence-electron chi connectivity index (χ0n) is 14.1. The molecular weight excluding hydrogens is 504 g/mol. The Kier molecular flexibility index (Phi) is 9.09. The number of alkyl halides is 3. The van der Waals surface area contributed by atoms with Gasteiger partial charge in [-0.25, -0.2) is 13.4 Å². The van der Waals surface area contributed by atoms with Crippen LogP contribution in [0.3, 0.4) is 0 Å². The van der Waals surface area contributed by atoms with E-state index in [2.05, 4.69) is 15.6 Å². The van der Waals surface area contributed by atoms with Gasteiger partial charge >= 0.3 is 15.5 Å². The number of guanidine groups is 1. The first-order valence-corrected chi connectivity index (χ1v) is 10.2. The van der Waals surface area contributed by atoms with E-state index in [4.69, 9.17) is 0 Å². The van der Waals surface area contributed by atoms with Gasteiger partial charge in [-0.1, -0.05) is 6.07 Å². The molecule has 12 heteroatoms. The van der Waals surface area contributed by atoms with Crippen LogP contribution in [0.2, 0.25) is 0 Å². The molecule has 1 saturated heterocycles. The zero-order chi connectivity index (χ0) is 18.5. The van der Waals surface area contributed by atoms with E-state index in [0.717, 1.165) is 4.88 Å². The third kappa shape index (κ3) is 6.23. The van der Waals surface area contributed by atoms with Gasteiger partial charge in [0.1, 0.15) is 0 Å². The number of hydrogen-bond acceptors (Lipinski definition) is 4. The topological polar surface area (TPSA) is 73.8 Å². The predicted octanol–water partition coefficient (Wildman–Crippen LogP) is 2.74. The molecule has 2 N–H and O–H groups in total. The molecule has 0 aromatic carbocycles. The molecule has 6 nitrogen and oxygen atoms in total. The number of sulfonamides is 1. The molecule has 0 atom stereocenters. The Bertz CT molecular complexity index is 673. The lowest BCUT2D eigenvalue weighted by Gasteiger charge is -2.32. The number of thiophene rings is 1. The molecule has 150 valence electrons. The molecule has 1 aliphatic heterocycles. The molecule has 26 heavy (non-hydrogen) atoms. The van der Waals surface area contributed by atoms with Gasteiger partial charge in [0, 0.05) is 30.6 Å². The highest BCUT2D eigenvalue weighted by Gasteiger charge is 2.50. The summed E-state index contributed by atoms with van der Waals surface area (Å²) in [6.07, 6.45) is 0.581. The lowest BCUT2D eigenvalue weighted by Crippen LogP contribution is -2.51. The Balaban J connectivity index is 0.00000338. The first-order valence-electron chi connectivity index (χ1n) is 7.87. The molecule has 2 rings (SSSR count). The molecule has 0 amide bonds. The predicted molar refractivity (Wildman–Crippen MR) is 107 cm³/mol. The molecular formula is C14H22F3IN4O2S2. The van der Waals surface area contributed by atoms with Gasteiger partial charge in [-0.3, -0.25) is 0 Å². The van der Waals surface area contributed by atoms with Gasteiger partial charge in [0.25, 0.3) is 0 Å². The van der Waals surface area contributed by atoms with Crippen molar-refractivity contribution in [3.05, 3.63) is 22.4 Å². The van der Waals surface area contributed by atoms with Gasteiger partial charge in [0.05, 0.1) is 6.54 Å². The number of nitrogens with one attached hydrogen (secondary N) is 2. The van der Waals surface area contributed by atoms with Crippen molar-refractivity contribution >= 4 is 51.3 Å². The Morgan fingerprint density at radius 2 is 2.04 bits per heavy atom. The fraction of sp³-hybridized carbons (Fsp3) is 0.643. The normalized spacial score (nSPS) is 17.6. The van der Waals surface area contributed by atoms with Crippen LogP contribution in [-0.4, -0.2) is 49.9 Å². The Morgan fingerprint density at radius 3 is 2.54 bits per heavy atom. The van der Waals surface area contributed by atoms with Crippen molar-refractivity contribution in [1.29, 1.82) is 0 Å². The second-order valence-electron chi connectivity index (χ2n) is 5.54. The van der Waals surface area contributed by atoms with Crippen LogP contribution < -0.4 is 10.6 Å². The van der Waals surface area contributed by atoms with Crippen molar-refractivity contribution in [3.8, 4) is 0 Å². The molecule has 0 saturated carbocycles. The van der Waals surface area contributed by atoms with Crippen LogP contribution in [0, 0.1) is 0 Å². The maximum Gasteiger partial charge on any atom is 0.511 e. The van der Waals surface area contributed by atoms with Crippen LogP contribution in [0.1, 0.15) is 24.6 Å². The minimum atomic E-state index is -5.25. The average molecular weight is 526 g/mol. The molecule has 1 aromatic heterocycles. The molecule has 1 aliphatic rings. The van der Waals surface area contributed by atoms with Crippen LogP contribution >= 0.6 is 35.3 Å². The summed E-state index contributed by atoms with van der Waals surface area (Å²) in [6.45, 7) is 2.75. The molecule has 0 spiro atoms. The van der Waals surface area contributed by atoms with E-state index in [0.29, 0.717) is 36.2 Å². The van der Waals surface area contributed by atoms with Crippen molar-refractivity contribution in [2.24, 2.45) is 4.99 Å². The van der Waals surface area contributed by atoms with Crippen LogP contribution in [0.4, 0.5) is 13.2 Å². The summed E-state index contributed by atoms with van der Waals surface area (Å²) in [6, 6.07) is 3.78. The second-order valence-corrected chi connectivity index (χ2v) is 8.50. The van der Waals surface area contributed by atoms with Crippen LogP contribution in [0.25, 0.3) is 0 Å². The van der Waals surface area contributed by atoms with Crippen molar-refractivity contribution in [1.82, 2.24) is 14.9 Å². The molecule has 0 unspecified atom stereocenters. The highest BCUT2D eigenvalue weighted by molar-refractivity contribution is 14.0. The molecule has 0 aliphatic carbocycles. The Labute approximate surface area is 172 Å². The summed E-state index contributed by atoms with van der Waals surface area (Å²) in [5.74, 6) is 0.577. The fourth-order valence-electron chi connectivity index (χ4n) is 2.46. The monoisotopic (exact) mass is 526 g/mol. The van der Waals surface area contributed by atoms with Gasteiger partial charge in [-0.05, 0) is 31.2 Å². The SMILES string of the molecule is CCNC(=NCc1cccs1)NC1CCN(S(=O)(=O)C(F)(F)F)CC1.I. The number of halogens is 4. The lowest BCUT2D eigenvalue weighted by atomic mass is 10.1. The molecule has 2 heterocycles. The van der Waals surface area contributed by atoms with E-state index < -0.39 is 15.5 Å². The molecule has 0 radical (unpaired) electrons. The Morgan fingerprint density at radius 1 is 1.38 bits per heavy atom. The summed E-state index contributed by atoms with van der Waals surface area (Å²) in [4.78, 5) is 5.55. The van der Waals surface area contributed by atoms with Gasteiger partial charge in [-0.15, -0.1) is 35.3 Å². The van der Waals surface area contributed by atoms with E-state index >= 15 is 0 Å². The maximum atomic E-state index is 12.6. The van der Waals surface area contributed by atoms with Gasteiger partial charge < -0.3 is 10.6 Å². The van der Waals surface area contributed by atoms with Crippen molar-refractivity contribution in [2.75, 3.05) is 19.6 Å². The number of hydrogen-bond donors (Lipinski definition) is 2. The fourth-order valence-corrected chi connectivity index (χ4v) is 4.07. The summed E-state index contributed by atoms with van der Waals surface area (Å²) in [7, 11) is -5.24. The number of nitrogens with zero attached hydrogens (tertiary/aromatic N) is 2. The van der Waals surface area contributed by atoms with E-state index in [1.54, 1.807) is 11.3 Å². The summed E-state index contributed by atoms with van der Waals surface area (Å²) < 4.78 is 61.1. The number of aliphatic imine (C=N–C) groups is 1. The lowest BCUT2D eigenvalue weighted by molar-refractivity contribution is -0.0494. The molecule has 1 fully saturated rings. The van der Waals surface area contributed by atoms with E-state index in [9.17, 15) is 21.6 Å². The minimum Gasteiger partial charge on any atom is -0.357 e. The summed E-state index contributed by atoms with van der Waals surface area (Å²) >= 11 is 1.59. The highest BCUT2D eigenvalue weighted by Crippen LogP contribution is 2.28. The number of piperidine rings is 1. The van der Waals surface area contributed by atoms with Gasteiger partial charge in [0.2, 0.25) is 0 Å². The van der Waals surface area contributed by atoms with Crippen molar-refractivity contribution in [3.63, 3.8) is 0 Å². The van der Waals surface area contributed by atoms with Crippen molar-refractivity contribution in [2.45, 2.75) is 37.9 Å². The second kappa shape index (κ2) is 10.1. The largest absolute Gasteiger partial charge is 0.511 e. The van der Waals surface area contributed by atoms with Crippen LogP contribution in [0.15, 0.2) is 22.5 Å². The molecule has 0 bridgehead atoms. The average Bonchev–Trinajstić information content (AvgIpc) is 3.06. The first-order chi connectivity index (χ1) is 11.7. The smallest absolute Gasteiger partial charge is 0.357 e. The number of rotatable bonds is 5. The Hall–Kier alpha value is -0.600. The standard InChI is InChI=1S/C14H21F3N4O2S2.HI/c1-2-18-13(19-10-12-4-3-9-24-12)20-11-5-7-21(8-6-11)25(22,23)14(15,16)17;/h3-4,9,11H,2,5-8,10H2,1H3,(H2,18,19,20);1H. The van der Waals surface area contributed by atoms with E-state index in [-0.39, 0.29) is 43.1 Å². The molecule has 1 aromatic rings. The summed E-state index contributed by atoms with van der Waals surface area (Å²) in [5.41, 5.74) is -5.25. The first kappa shape index (κ1) is 23.4. The third-order valence-corrected chi connectivity index (χ3v) is 6.24. The van der Waals surface area contributed by atoms with Crippen LogP contribution in [0.5, 0.6) is 0 Å². The minimum absolute atomic E-state index is 0. The highest BCUT2D eigenvalue weighted by atomic mass is 127. The third-order valence-electron chi connectivity index (χ3n) is 3.74. The zero-order valence-corrected chi connectivity index (χ0v) is 18.1. The quantitative estimate of drug-likeness (QED) is 0.352. The maximum absolute atomic E-state index is 12.6. The van der Waals surface area contributed by atoms with E-state index in [1.807, 2.05) is 24.4 Å². The van der Waals surface area contributed by atoms with Gasteiger partial charge in [-0.2, -0.15) is 17.5 Å². The van der Waals surface area contributed by atoms with Gasteiger partial charge in [0.15, 0.2) is 5.96 Å².